The SMILES string of the molecule is CCC(=O)N[C@@H]1CCCN(Cn2nc(C(C)(C)C)ccc2=O)C1. The van der Waals surface area contributed by atoms with E-state index in [4.69, 9.17) is 0 Å². The average Bonchev–Trinajstić information content (AvgIpc) is 2.48. The molecule has 1 fully saturated rings. The Hall–Kier alpha value is -1.69. The lowest BCUT2D eigenvalue weighted by Gasteiger charge is -2.33. The number of nitrogens with one attached hydrogen (secondary N) is 1. The number of likely N-dealkylation sites (tertiary alicyclic amines) is 1. The summed E-state index contributed by atoms with van der Waals surface area (Å²) in [6, 6.07) is 3.56. The maximum absolute atomic E-state index is 12.1. The fourth-order valence-electron chi connectivity index (χ4n) is 2.77. The van der Waals surface area contributed by atoms with Crippen molar-refractivity contribution in [2.75, 3.05) is 13.1 Å². The minimum Gasteiger partial charge on any atom is -0.352 e. The standard InChI is InChI=1S/C17H28N4O2/c1-5-15(22)18-13-7-6-10-20(11-13)12-21-16(23)9-8-14(19-21)17(2,3)4/h8-9,13H,5-7,10-12H2,1-4H3,(H,18,22)/t13-/m1/s1. The molecule has 0 aromatic carbocycles. The summed E-state index contributed by atoms with van der Waals surface area (Å²) in [6.45, 7) is 10.3. The molecule has 1 amide bonds. The summed E-state index contributed by atoms with van der Waals surface area (Å²) in [6.07, 6.45) is 2.51. The molecule has 1 aromatic rings. The van der Waals surface area contributed by atoms with Gasteiger partial charge in [-0.2, -0.15) is 5.10 Å². The first-order chi connectivity index (χ1) is 10.8. The van der Waals surface area contributed by atoms with Gasteiger partial charge in [0.05, 0.1) is 12.4 Å². The van der Waals surface area contributed by atoms with Gasteiger partial charge in [-0.1, -0.05) is 27.7 Å². The Morgan fingerprint density at radius 2 is 2.13 bits per heavy atom. The predicted molar refractivity (Wildman–Crippen MR) is 90.2 cm³/mol. The van der Waals surface area contributed by atoms with E-state index in [2.05, 4.69) is 36.1 Å². The molecule has 1 aliphatic rings. The smallest absolute Gasteiger partial charge is 0.267 e. The Morgan fingerprint density at radius 1 is 1.39 bits per heavy atom. The van der Waals surface area contributed by atoms with Crippen LogP contribution in [-0.2, 0) is 16.9 Å². The van der Waals surface area contributed by atoms with Gasteiger partial charge in [0.1, 0.15) is 0 Å². The molecule has 0 saturated carbocycles. The van der Waals surface area contributed by atoms with Crippen molar-refractivity contribution in [2.45, 2.75) is 65.1 Å². The van der Waals surface area contributed by atoms with Crippen LogP contribution in [0.25, 0.3) is 0 Å². The number of carbonyl (C=O) groups excluding carboxylic acids is 1. The number of hydrogen-bond acceptors (Lipinski definition) is 4. The third-order valence-corrected chi connectivity index (χ3v) is 4.16. The van der Waals surface area contributed by atoms with Gasteiger partial charge in [0.2, 0.25) is 5.91 Å². The molecule has 1 N–H and O–H groups in total. The number of piperidine rings is 1. The van der Waals surface area contributed by atoms with Gasteiger partial charge >= 0.3 is 0 Å². The Balaban J connectivity index is 2.06. The molecule has 0 bridgehead atoms. The zero-order valence-electron chi connectivity index (χ0n) is 14.6. The molecule has 0 unspecified atom stereocenters. The number of rotatable bonds is 4. The van der Waals surface area contributed by atoms with Crippen molar-refractivity contribution in [3.05, 3.63) is 28.2 Å². The quantitative estimate of drug-likeness (QED) is 0.913. The molecule has 128 valence electrons. The second kappa shape index (κ2) is 7.25. The summed E-state index contributed by atoms with van der Waals surface area (Å²) in [5.74, 6) is 0.0851. The van der Waals surface area contributed by atoms with E-state index in [9.17, 15) is 9.59 Å². The Labute approximate surface area is 137 Å². The normalized spacial score (nSPS) is 19.6. The molecule has 1 aliphatic heterocycles. The van der Waals surface area contributed by atoms with Crippen molar-refractivity contribution in [3.8, 4) is 0 Å². The highest BCUT2D eigenvalue weighted by molar-refractivity contribution is 5.75. The molecule has 0 radical (unpaired) electrons. The molecule has 6 nitrogen and oxygen atoms in total. The summed E-state index contributed by atoms with van der Waals surface area (Å²) in [5.41, 5.74) is 0.734. The monoisotopic (exact) mass is 320 g/mol. The lowest BCUT2D eigenvalue weighted by molar-refractivity contribution is -0.121. The Morgan fingerprint density at radius 3 is 2.78 bits per heavy atom. The molecule has 2 rings (SSSR count). The van der Waals surface area contributed by atoms with Gasteiger partial charge in [0.15, 0.2) is 0 Å². The highest BCUT2D eigenvalue weighted by atomic mass is 16.1. The van der Waals surface area contributed by atoms with Gasteiger partial charge in [0.25, 0.3) is 5.56 Å². The molecule has 0 spiro atoms. The van der Waals surface area contributed by atoms with Crippen molar-refractivity contribution in [1.82, 2.24) is 20.0 Å². The molecule has 1 atom stereocenters. The first-order valence-electron chi connectivity index (χ1n) is 8.40. The minimum atomic E-state index is -0.0883. The Bertz CT molecular complexity index is 603. The van der Waals surface area contributed by atoms with E-state index in [-0.39, 0.29) is 22.9 Å². The lowest BCUT2D eigenvalue weighted by atomic mass is 9.92. The number of hydrogen-bond donors (Lipinski definition) is 1. The first-order valence-corrected chi connectivity index (χ1v) is 8.40. The second-order valence-electron chi connectivity index (χ2n) is 7.28. The van der Waals surface area contributed by atoms with E-state index in [0.717, 1.165) is 31.6 Å². The maximum atomic E-state index is 12.1. The fourth-order valence-corrected chi connectivity index (χ4v) is 2.77. The van der Waals surface area contributed by atoms with Crippen molar-refractivity contribution in [2.24, 2.45) is 0 Å². The largest absolute Gasteiger partial charge is 0.352 e. The molecular formula is C17H28N4O2. The molecular weight excluding hydrogens is 292 g/mol. The van der Waals surface area contributed by atoms with E-state index in [1.807, 2.05) is 6.92 Å². The van der Waals surface area contributed by atoms with E-state index in [0.29, 0.717) is 13.1 Å². The van der Waals surface area contributed by atoms with Gasteiger partial charge in [-0.25, -0.2) is 4.68 Å². The minimum absolute atomic E-state index is 0.0851. The summed E-state index contributed by atoms with van der Waals surface area (Å²) < 4.78 is 1.53. The number of nitrogens with zero attached hydrogens (tertiary/aromatic N) is 3. The van der Waals surface area contributed by atoms with Crippen LogP contribution >= 0.6 is 0 Å². The predicted octanol–water partition coefficient (Wildman–Crippen LogP) is 1.49. The first kappa shape index (κ1) is 17.7. The lowest BCUT2D eigenvalue weighted by Crippen LogP contribution is -2.49. The van der Waals surface area contributed by atoms with Crippen molar-refractivity contribution in [1.29, 1.82) is 0 Å². The summed E-state index contributed by atoms with van der Waals surface area (Å²) in [4.78, 5) is 25.8. The number of aromatic nitrogens is 2. The zero-order chi connectivity index (χ0) is 17.0. The van der Waals surface area contributed by atoms with Crippen LogP contribution in [0.5, 0.6) is 0 Å². The van der Waals surface area contributed by atoms with Gasteiger partial charge in [0, 0.05) is 37.0 Å². The van der Waals surface area contributed by atoms with Crippen molar-refractivity contribution in [3.63, 3.8) is 0 Å². The van der Waals surface area contributed by atoms with E-state index in [1.54, 1.807) is 12.1 Å². The van der Waals surface area contributed by atoms with E-state index < -0.39 is 0 Å². The van der Waals surface area contributed by atoms with Crippen molar-refractivity contribution >= 4 is 5.91 Å². The van der Waals surface area contributed by atoms with Gasteiger partial charge in [-0.15, -0.1) is 0 Å². The molecule has 6 heteroatoms. The highest BCUT2D eigenvalue weighted by Gasteiger charge is 2.22. The third kappa shape index (κ3) is 4.89. The number of amides is 1. The van der Waals surface area contributed by atoms with Crippen LogP contribution < -0.4 is 10.9 Å². The van der Waals surface area contributed by atoms with Crippen LogP contribution in [-0.4, -0.2) is 39.7 Å². The fraction of sp³-hybridized carbons (Fsp3) is 0.706. The van der Waals surface area contributed by atoms with E-state index in [1.165, 1.54) is 4.68 Å². The summed E-state index contributed by atoms with van der Waals surface area (Å²) in [7, 11) is 0. The van der Waals surface area contributed by atoms with Crippen molar-refractivity contribution < 1.29 is 4.79 Å². The Kier molecular flexibility index (Phi) is 5.57. The summed E-state index contributed by atoms with van der Waals surface area (Å²) in [5, 5.41) is 7.56. The average molecular weight is 320 g/mol. The molecule has 23 heavy (non-hydrogen) atoms. The van der Waals surface area contributed by atoms with Crippen LogP contribution in [0.4, 0.5) is 0 Å². The third-order valence-electron chi connectivity index (χ3n) is 4.16. The van der Waals surface area contributed by atoms with Crippen LogP contribution in [0.15, 0.2) is 16.9 Å². The van der Waals surface area contributed by atoms with Crippen LogP contribution in [0.1, 0.15) is 52.7 Å². The maximum Gasteiger partial charge on any atom is 0.267 e. The molecule has 2 heterocycles. The van der Waals surface area contributed by atoms with Gasteiger partial charge in [-0.05, 0) is 18.9 Å². The topological polar surface area (TPSA) is 67.2 Å². The molecule has 1 aromatic heterocycles. The zero-order valence-corrected chi connectivity index (χ0v) is 14.6. The van der Waals surface area contributed by atoms with Crippen LogP contribution in [0, 0.1) is 0 Å². The summed E-state index contributed by atoms with van der Waals surface area (Å²) >= 11 is 0. The van der Waals surface area contributed by atoms with Crippen LogP contribution in [0.3, 0.4) is 0 Å². The number of carbonyl (C=O) groups is 1. The van der Waals surface area contributed by atoms with E-state index >= 15 is 0 Å². The molecule has 0 aliphatic carbocycles. The van der Waals surface area contributed by atoms with Crippen LogP contribution in [0.2, 0.25) is 0 Å². The second-order valence-corrected chi connectivity index (χ2v) is 7.28. The molecule has 1 saturated heterocycles. The van der Waals surface area contributed by atoms with Gasteiger partial charge in [-0.3, -0.25) is 14.5 Å². The highest BCUT2D eigenvalue weighted by Crippen LogP contribution is 2.18. The van der Waals surface area contributed by atoms with Gasteiger partial charge < -0.3 is 5.32 Å².